The lowest BCUT2D eigenvalue weighted by molar-refractivity contribution is -0.129. The highest BCUT2D eigenvalue weighted by Crippen LogP contribution is 1.79. The molecule has 1 amide bonds. The van der Waals surface area contributed by atoms with Crippen LogP contribution in [-0.2, 0) is 23.8 Å². The van der Waals surface area contributed by atoms with E-state index >= 15 is 0 Å². The number of nitrogens with one attached hydrogen (secondary N) is 1. The number of carbonyl (C=O) groups excluding carboxylic acids is 2. The Balaban J connectivity index is 3.17. The van der Waals surface area contributed by atoms with E-state index < -0.39 is 0 Å². The quantitative estimate of drug-likeness (QED) is 0.424. The Morgan fingerprint density at radius 2 is 1.67 bits per heavy atom. The summed E-state index contributed by atoms with van der Waals surface area (Å²) in [5.41, 5.74) is 5.24. The van der Waals surface area contributed by atoms with Gasteiger partial charge in [0.1, 0.15) is 13.2 Å². The molecule has 3 N–H and O–H groups in total. The number of ether oxygens (including phenoxy) is 3. The van der Waals surface area contributed by atoms with Crippen LogP contribution in [-0.4, -0.2) is 64.4 Å². The van der Waals surface area contributed by atoms with E-state index in [0.717, 1.165) is 0 Å². The molecule has 0 unspecified atom stereocenters. The molecular formula is C11H22N2O5. The number of nitrogens with two attached hydrogens (primary N) is 1. The van der Waals surface area contributed by atoms with Gasteiger partial charge in [0.15, 0.2) is 5.78 Å². The van der Waals surface area contributed by atoms with Crippen molar-refractivity contribution in [1.82, 2.24) is 5.32 Å². The Morgan fingerprint density at radius 3 is 2.28 bits per heavy atom. The highest BCUT2D eigenvalue weighted by atomic mass is 16.5. The first-order valence-electron chi connectivity index (χ1n) is 5.86. The Labute approximate surface area is 107 Å². The summed E-state index contributed by atoms with van der Waals surface area (Å²) in [6, 6.07) is 0. The second-order valence-corrected chi connectivity index (χ2v) is 3.56. The van der Waals surface area contributed by atoms with Crippen molar-refractivity contribution in [2.75, 3.05) is 52.7 Å². The van der Waals surface area contributed by atoms with Crippen molar-refractivity contribution in [1.29, 1.82) is 0 Å². The zero-order valence-electron chi connectivity index (χ0n) is 10.8. The van der Waals surface area contributed by atoms with Gasteiger partial charge in [0.25, 0.3) is 0 Å². The predicted molar refractivity (Wildman–Crippen MR) is 65.2 cm³/mol. The summed E-state index contributed by atoms with van der Waals surface area (Å²) in [7, 11) is 0. The second kappa shape index (κ2) is 12.4. The number of amides is 1. The highest BCUT2D eigenvalue weighted by molar-refractivity contribution is 5.79. The Hall–Kier alpha value is -1.02. The van der Waals surface area contributed by atoms with Gasteiger partial charge < -0.3 is 25.3 Å². The molecule has 7 heteroatoms. The van der Waals surface area contributed by atoms with Gasteiger partial charge in [-0.2, -0.15) is 0 Å². The molecule has 0 bridgehead atoms. The fourth-order valence-corrected chi connectivity index (χ4v) is 1.01. The van der Waals surface area contributed by atoms with E-state index in [0.29, 0.717) is 39.5 Å². The summed E-state index contributed by atoms with van der Waals surface area (Å²) >= 11 is 0. The third kappa shape index (κ3) is 13.0. The third-order valence-electron chi connectivity index (χ3n) is 1.74. The molecule has 0 aliphatic carbocycles. The van der Waals surface area contributed by atoms with Gasteiger partial charge in [-0.05, 0) is 6.92 Å². The fraction of sp³-hybridized carbons (Fsp3) is 0.818. The first-order valence-corrected chi connectivity index (χ1v) is 5.86. The number of carbonyl (C=O) groups is 2. The topological polar surface area (TPSA) is 99.9 Å². The maximum absolute atomic E-state index is 11.2. The van der Waals surface area contributed by atoms with E-state index in [4.69, 9.17) is 19.9 Å². The molecule has 0 fully saturated rings. The predicted octanol–water partition coefficient (Wildman–Crippen LogP) is -1.30. The van der Waals surface area contributed by atoms with Gasteiger partial charge in [-0.15, -0.1) is 0 Å². The van der Waals surface area contributed by atoms with Crippen LogP contribution < -0.4 is 11.1 Å². The van der Waals surface area contributed by atoms with Gasteiger partial charge >= 0.3 is 0 Å². The smallest absolute Gasteiger partial charge is 0.246 e. The van der Waals surface area contributed by atoms with Crippen molar-refractivity contribution in [3.63, 3.8) is 0 Å². The SMILES string of the molecule is CC(=O)COCC(=O)NCCOCCOCCN. The number of hydrogen-bond acceptors (Lipinski definition) is 6. The van der Waals surface area contributed by atoms with Gasteiger partial charge in [-0.25, -0.2) is 0 Å². The van der Waals surface area contributed by atoms with Crippen LogP contribution in [0.4, 0.5) is 0 Å². The van der Waals surface area contributed by atoms with Crippen molar-refractivity contribution in [3.8, 4) is 0 Å². The van der Waals surface area contributed by atoms with Crippen molar-refractivity contribution in [2.24, 2.45) is 5.73 Å². The molecule has 0 aromatic carbocycles. The van der Waals surface area contributed by atoms with Crippen LogP contribution in [0.5, 0.6) is 0 Å². The third-order valence-corrected chi connectivity index (χ3v) is 1.74. The van der Waals surface area contributed by atoms with Crippen LogP contribution in [0.1, 0.15) is 6.92 Å². The minimum atomic E-state index is -0.265. The van der Waals surface area contributed by atoms with Gasteiger partial charge in [0.05, 0.1) is 26.4 Å². The molecule has 0 aliphatic rings. The molecule has 0 heterocycles. The summed E-state index contributed by atoms with van der Waals surface area (Å²) in [4.78, 5) is 21.7. The molecule has 0 spiro atoms. The van der Waals surface area contributed by atoms with E-state index in [1.165, 1.54) is 6.92 Å². The van der Waals surface area contributed by atoms with Crippen LogP contribution in [0.15, 0.2) is 0 Å². The van der Waals surface area contributed by atoms with E-state index in [2.05, 4.69) is 5.32 Å². The molecule has 0 atom stereocenters. The number of Topliss-reactive ketones (excluding diaryl/α,β-unsaturated/α-hetero) is 1. The monoisotopic (exact) mass is 262 g/mol. The molecule has 106 valence electrons. The number of hydrogen-bond donors (Lipinski definition) is 2. The first-order chi connectivity index (χ1) is 8.66. The van der Waals surface area contributed by atoms with E-state index in [1.807, 2.05) is 0 Å². The molecular weight excluding hydrogens is 240 g/mol. The van der Waals surface area contributed by atoms with Crippen LogP contribution in [0, 0.1) is 0 Å². The summed E-state index contributed by atoms with van der Waals surface area (Å²) in [6.45, 7) is 4.04. The van der Waals surface area contributed by atoms with Crippen LogP contribution >= 0.6 is 0 Å². The van der Waals surface area contributed by atoms with Crippen molar-refractivity contribution >= 4 is 11.7 Å². The molecule has 0 saturated heterocycles. The molecule has 0 radical (unpaired) electrons. The molecule has 18 heavy (non-hydrogen) atoms. The van der Waals surface area contributed by atoms with E-state index in [9.17, 15) is 9.59 Å². The lowest BCUT2D eigenvalue weighted by Gasteiger charge is -2.07. The van der Waals surface area contributed by atoms with Crippen molar-refractivity contribution in [3.05, 3.63) is 0 Å². The van der Waals surface area contributed by atoms with E-state index in [-0.39, 0.29) is 24.9 Å². The van der Waals surface area contributed by atoms with Gasteiger partial charge in [-0.3, -0.25) is 9.59 Å². The average molecular weight is 262 g/mol. The van der Waals surface area contributed by atoms with Crippen LogP contribution in [0.25, 0.3) is 0 Å². The number of ketones is 1. The Morgan fingerprint density at radius 1 is 1.00 bits per heavy atom. The maximum atomic E-state index is 11.2. The summed E-state index contributed by atoms with van der Waals surface area (Å²) in [6.07, 6.45) is 0. The molecule has 0 saturated carbocycles. The fourth-order valence-electron chi connectivity index (χ4n) is 1.01. The van der Waals surface area contributed by atoms with Gasteiger partial charge in [0.2, 0.25) is 5.91 Å². The van der Waals surface area contributed by atoms with Crippen molar-refractivity contribution in [2.45, 2.75) is 6.92 Å². The zero-order chi connectivity index (χ0) is 13.6. The normalized spacial score (nSPS) is 10.3. The number of rotatable bonds is 12. The highest BCUT2D eigenvalue weighted by Gasteiger charge is 2.01. The summed E-state index contributed by atoms with van der Waals surface area (Å²) in [5, 5.41) is 2.60. The minimum absolute atomic E-state index is 0.0393. The molecule has 7 nitrogen and oxygen atoms in total. The van der Waals surface area contributed by atoms with E-state index in [1.54, 1.807) is 0 Å². The van der Waals surface area contributed by atoms with Crippen LogP contribution in [0.2, 0.25) is 0 Å². The van der Waals surface area contributed by atoms with Gasteiger partial charge in [-0.1, -0.05) is 0 Å². The Bertz CT molecular complexity index is 235. The lowest BCUT2D eigenvalue weighted by atomic mass is 10.5. The minimum Gasteiger partial charge on any atom is -0.378 e. The first kappa shape index (κ1) is 17.0. The molecule has 0 rings (SSSR count). The Kier molecular flexibility index (Phi) is 11.7. The lowest BCUT2D eigenvalue weighted by Crippen LogP contribution is -2.31. The van der Waals surface area contributed by atoms with Crippen LogP contribution in [0.3, 0.4) is 0 Å². The summed E-state index contributed by atoms with van der Waals surface area (Å²) < 4.78 is 15.1. The summed E-state index contributed by atoms with van der Waals surface area (Å²) in [5.74, 6) is -0.372. The standard InChI is InChI=1S/C11H22N2O5/c1-10(14)8-18-9-11(15)13-3-5-17-7-6-16-4-2-12/h2-9,12H2,1H3,(H,13,15). The molecule has 0 aromatic rings. The molecule has 0 aromatic heterocycles. The maximum Gasteiger partial charge on any atom is 0.246 e. The largest absolute Gasteiger partial charge is 0.378 e. The average Bonchev–Trinajstić information content (AvgIpc) is 2.32. The zero-order valence-corrected chi connectivity index (χ0v) is 10.8. The van der Waals surface area contributed by atoms with Crippen molar-refractivity contribution < 1.29 is 23.8 Å². The van der Waals surface area contributed by atoms with Gasteiger partial charge in [0, 0.05) is 13.1 Å². The molecule has 0 aliphatic heterocycles. The second-order valence-electron chi connectivity index (χ2n) is 3.56.